The van der Waals surface area contributed by atoms with Crippen LogP contribution in [0.5, 0.6) is 17.2 Å². The molecule has 1 fully saturated rings. The summed E-state index contributed by atoms with van der Waals surface area (Å²) in [6, 6.07) is 19.1. The number of hydrogen-bond acceptors (Lipinski definition) is 6. The van der Waals surface area contributed by atoms with Crippen LogP contribution in [0, 0.1) is 0 Å². The smallest absolute Gasteiger partial charge is 0.251 e. The first-order valence-corrected chi connectivity index (χ1v) is 11.6. The zero-order valence-electron chi connectivity index (χ0n) is 19.5. The summed E-state index contributed by atoms with van der Waals surface area (Å²) in [4.78, 5) is 18.9. The molecule has 34 heavy (non-hydrogen) atoms. The summed E-state index contributed by atoms with van der Waals surface area (Å²) >= 11 is 0. The van der Waals surface area contributed by atoms with Gasteiger partial charge < -0.3 is 19.5 Å². The van der Waals surface area contributed by atoms with Crippen LogP contribution in [0.4, 0.5) is 0 Å². The molecule has 4 rings (SSSR count). The number of carbonyl (C=O) groups is 1. The molecule has 1 saturated heterocycles. The fourth-order valence-corrected chi connectivity index (χ4v) is 3.86. The highest BCUT2D eigenvalue weighted by atomic mass is 16.5. The molecule has 0 atom stereocenters. The Balaban J connectivity index is 1.22. The summed E-state index contributed by atoms with van der Waals surface area (Å²) in [7, 11) is 2.14. The third-order valence-corrected chi connectivity index (χ3v) is 5.87. The lowest BCUT2D eigenvalue weighted by Gasteiger charge is -2.31. The van der Waals surface area contributed by atoms with E-state index >= 15 is 0 Å². The van der Waals surface area contributed by atoms with E-state index in [9.17, 15) is 4.79 Å². The third kappa shape index (κ3) is 7.04. The van der Waals surface area contributed by atoms with Gasteiger partial charge in [-0.05, 0) is 74.0 Å². The van der Waals surface area contributed by atoms with Gasteiger partial charge in [-0.25, -0.2) is 0 Å². The number of pyridine rings is 1. The van der Waals surface area contributed by atoms with Crippen molar-refractivity contribution in [1.29, 1.82) is 0 Å². The van der Waals surface area contributed by atoms with Crippen molar-refractivity contribution in [3.8, 4) is 17.2 Å². The first-order valence-electron chi connectivity index (χ1n) is 11.6. The fourth-order valence-electron chi connectivity index (χ4n) is 3.86. The van der Waals surface area contributed by atoms with Crippen molar-refractivity contribution in [1.82, 2.24) is 15.2 Å². The number of amides is 1. The summed E-state index contributed by atoms with van der Waals surface area (Å²) in [5, 5.41) is 2.96. The van der Waals surface area contributed by atoms with E-state index in [4.69, 9.17) is 14.2 Å². The number of aromatic nitrogens is 1. The maximum absolute atomic E-state index is 12.6. The van der Waals surface area contributed by atoms with Crippen LogP contribution in [0.15, 0.2) is 73.1 Å². The summed E-state index contributed by atoms with van der Waals surface area (Å²) < 4.78 is 17.1. The quantitative estimate of drug-likeness (QED) is 0.486. The van der Waals surface area contributed by atoms with Gasteiger partial charge in [-0.3, -0.25) is 14.7 Å². The Hall–Kier alpha value is -3.42. The predicted octanol–water partition coefficient (Wildman–Crippen LogP) is 4.29. The molecule has 7 heteroatoms. The lowest BCUT2D eigenvalue weighted by Crippen LogP contribution is -2.38. The number of rotatable bonds is 10. The van der Waals surface area contributed by atoms with Crippen molar-refractivity contribution in [3.63, 3.8) is 0 Å². The fraction of sp³-hybridized carbons (Fsp3) is 0.333. The number of hydrogen-bond donors (Lipinski definition) is 1. The summed E-state index contributed by atoms with van der Waals surface area (Å²) in [6.07, 6.45) is 5.48. The first kappa shape index (κ1) is 23.7. The van der Waals surface area contributed by atoms with Gasteiger partial charge in [-0.2, -0.15) is 0 Å². The summed E-state index contributed by atoms with van der Waals surface area (Å²) in [6.45, 7) is 3.59. The third-order valence-electron chi connectivity index (χ3n) is 5.87. The van der Waals surface area contributed by atoms with E-state index in [0.29, 0.717) is 36.3 Å². The first-order chi connectivity index (χ1) is 16.7. The van der Waals surface area contributed by atoms with E-state index in [2.05, 4.69) is 22.2 Å². The van der Waals surface area contributed by atoms with Crippen LogP contribution in [-0.2, 0) is 11.3 Å². The molecular formula is C27H31N3O4. The molecule has 178 valence electrons. The van der Waals surface area contributed by atoms with Crippen LogP contribution in [0.1, 0.15) is 28.8 Å². The Morgan fingerprint density at radius 2 is 1.85 bits per heavy atom. The molecule has 2 aromatic carbocycles. The Kier molecular flexibility index (Phi) is 8.48. The second kappa shape index (κ2) is 12.2. The van der Waals surface area contributed by atoms with E-state index in [0.717, 1.165) is 43.9 Å². The van der Waals surface area contributed by atoms with Gasteiger partial charge >= 0.3 is 0 Å². The molecule has 1 aliphatic rings. The zero-order valence-corrected chi connectivity index (χ0v) is 19.5. The lowest BCUT2D eigenvalue weighted by molar-refractivity contribution is 0.0392. The average Bonchev–Trinajstić information content (AvgIpc) is 2.89. The molecule has 1 aromatic heterocycles. The normalized spacial score (nSPS) is 14.1. The van der Waals surface area contributed by atoms with Crippen molar-refractivity contribution < 1.29 is 19.0 Å². The monoisotopic (exact) mass is 461 g/mol. The minimum Gasteiger partial charge on any atom is -0.492 e. The van der Waals surface area contributed by atoms with Gasteiger partial charge in [0.25, 0.3) is 5.91 Å². The Morgan fingerprint density at radius 3 is 2.62 bits per heavy atom. The molecule has 1 N–H and O–H groups in total. The standard InChI is InChI=1S/C27H31N3O4/c1-30(23-11-15-32-16-12-23)14-17-33-25-5-2-4-21(18-25)19-29-27(31)22-7-9-24(10-8-22)34-26-6-3-13-28-20-26/h2-10,13,18,20,23H,11-12,14-17,19H2,1H3,(H,29,31). The van der Waals surface area contributed by atoms with Crippen molar-refractivity contribution in [3.05, 3.63) is 84.2 Å². The number of likely N-dealkylation sites (N-methyl/N-ethyl adjacent to an activating group) is 1. The minimum atomic E-state index is -0.141. The molecule has 0 unspecified atom stereocenters. The number of carbonyl (C=O) groups excluding carboxylic acids is 1. The number of nitrogens with one attached hydrogen (secondary N) is 1. The van der Waals surface area contributed by atoms with Crippen molar-refractivity contribution >= 4 is 5.91 Å². The molecule has 7 nitrogen and oxygen atoms in total. The van der Waals surface area contributed by atoms with E-state index in [-0.39, 0.29) is 5.91 Å². The molecule has 0 radical (unpaired) electrons. The topological polar surface area (TPSA) is 72.9 Å². The number of nitrogens with zero attached hydrogens (tertiary/aromatic N) is 2. The largest absolute Gasteiger partial charge is 0.492 e. The van der Waals surface area contributed by atoms with E-state index in [1.54, 1.807) is 36.7 Å². The average molecular weight is 462 g/mol. The van der Waals surface area contributed by atoms with Gasteiger partial charge in [-0.1, -0.05) is 12.1 Å². The molecule has 0 bridgehead atoms. The highest BCUT2D eigenvalue weighted by Gasteiger charge is 2.18. The van der Waals surface area contributed by atoms with Gasteiger partial charge in [0.2, 0.25) is 0 Å². The molecule has 3 aromatic rings. The second-order valence-corrected chi connectivity index (χ2v) is 8.32. The molecular weight excluding hydrogens is 430 g/mol. The lowest BCUT2D eigenvalue weighted by atomic mass is 10.1. The van der Waals surface area contributed by atoms with Gasteiger partial charge in [0.15, 0.2) is 0 Å². The maximum atomic E-state index is 12.6. The van der Waals surface area contributed by atoms with Gasteiger partial charge in [0.1, 0.15) is 23.9 Å². The Labute approximate surface area is 200 Å². The second-order valence-electron chi connectivity index (χ2n) is 8.32. The van der Waals surface area contributed by atoms with E-state index in [1.807, 2.05) is 36.4 Å². The molecule has 0 aliphatic carbocycles. The SMILES string of the molecule is CN(CCOc1cccc(CNC(=O)c2ccc(Oc3cccnc3)cc2)c1)C1CCOCC1. The van der Waals surface area contributed by atoms with Crippen molar-refractivity contribution in [2.24, 2.45) is 0 Å². The molecule has 0 saturated carbocycles. The zero-order chi connectivity index (χ0) is 23.6. The maximum Gasteiger partial charge on any atom is 0.251 e. The van der Waals surface area contributed by atoms with Crippen LogP contribution >= 0.6 is 0 Å². The van der Waals surface area contributed by atoms with Crippen LogP contribution in [-0.4, -0.2) is 55.2 Å². The van der Waals surface area contributed by atoms with Crippen LogP contribution < -0.4 is 14.8 Å². The van der Waals surface area contributed by atoms with E-state index < -0.39 is 0 Å². The summed E-state index contributed by atoms with van der Waals surface area (Å²) in [5.74, 6) is 1.97. The number of benzene rings is 2. The molecule has 2 heterocycles. The highest BCUT2D eigenvalue weighted by molar-refractivity contribution is 5.94. The van der Waals surface area contributed by atoms with Crippen molar-refractivity contribution in [2.45, 2.75) is 25.4 Å². The summed E-state index contributed by atoms with van der Waals surface area (Å²) in [5.41, 5.74) is 1.56. The van der Waals surface area contributed by atoms with Crippen LogP contribution in [0.3, 0.4) is 0 Å². The number of ether oxygens (including phenoxy) is 3. The van der Waals surface area contributed by atoms with Crippen LogP contribution in [0.2, 0.25) is 0 Å². The Morgan fingerprint density at radius 1 is 1.06 bits per heavy atom. The highest BCUT2D eigenvalue weighted by Crippen LogP contribution is 2.20. The Bertz CT molecular complexity index is 1040. The molecule has 0 spiro atoms. The minimum absolute atomic E-state index is 0.141. The predicted molar refractivity (Wildman–Crippen MR) is 130 cm³/mol. The molecule has 1 amide bonds. The van der Waals surface area contributed by atoms with Crippen molar-refractivity contribution in [2.75, 3.05) is 33.4 Å². The van der Waals surface area contributed by atoms with E-state index in [1.165, 1.54) is 0 Å². The van der Waals surface area contributed by atoms with Gasteiger partial charge in [-0.15, -0.1) is 0 Å². The van der Waals surface area contributed by atoms with Gasteiger partial charge in [0, 0.05) is 44.1 Å². The van der Waals surface area contributed by atoms with Crippen LogP contribution in [0.25, 0.3) is 0 Å². The molecule has 1 aliphatic heterocycles. The van der Waals surface area contributed by atoms with Gasteiger partial charge in [0.05, 0.1) is 6.20 Å².